The highest BCUT2D eigenvalue weighted by Crippen LogP contribution is 2.32. The molecule has 1 saturated heterocycles. The Morgan fingerprint density at radius 1 is 0.886 bits per heavy atom. The summed E-state index contributed by atoms with van der Waals surface area (Å²) < 4.78 is 16.2. The summed E-state index contributed by atoms with van der Waals surface area (Å²) in [7, 11) is 2.13. The Balaban J connectivity index is 1.28. The first kappa shape index (κ1) is 22.1. The van der Waals surface area contributed by atoms with Crippen molar-refractivity contribution in [2.24, 2.45) is 0 Å². The van der Waals surface area contributed by atoms with Gasteiger partial charge in [0.25, 0.3) is 0 Å². The predicted octanol–water partition coefficient (Wildman–Crippen LogP) is 6.14. The zero-order valence-corrected chi connectivity index (χ0v) is 20.4. The van der Waals surface area contributed by atoms with Crippen LogP contribution in [-0.4, -0.2) is 53.0 Å². The van der Waals surface area contributed by atoms with Gasteiger partial charge in [0.15, 0.2) is 0 Å². The van der Waals surface area contributed by atoms with Gasteiger partial charge in [0.2, 0.25) is 0 Å². The first-order valence-corrected chi connectivity index (χ1v) is 12.7. The summed E-state index contributed by atoms with van der Waals surface area (Å²) in [5.74, 6) is -0.150. The van der Waals surface area contributed by atoms with Crippen LogP contribution in [0.4, 0.5) is 15.8 Å². The second-order valence-electron chi connectivity index (χ2n) is 9.14. The largest absolute Gasteiger partial charge is 0.355 e. The predicted molar refractivity (Wildman–Crippen MR) is 143 cm³/mol. The Kier molecular flexibility index (Phi) is 5.90. The summed E-state index contributed by atoms with van der Waals surface area (Å²) in [6, 6.07) is 19.9. The van der Waals surface area contributed by atoms with E-state index in [1.807, 2.05) is 35.8 Å². The number of nitrogens with one attached hydrogen (secondary N) is 1. The Bertz CT molecular complexity index is 1510. The molecule has 0 atom stereocenters. The van der Waals surface area contributed by atoms with Crippen LogP contribution in [0.3, 0.4) is 0 Å². The van der Waals surface area contributed by atoms with E-state index in [0.29, 0.717) is 6.54 Å². The number of hydrogen-bond donors (Lipinski definition) is 1. The number of benzene rings is 3. The highest BCUT2D eigenvalue weighted by molar-refractivity contribution is 7.16. The van der Waals surface area contributed by atoms with Crippen molar-refractivity contribution < 1.29 is 4.39 Å². The van der Waals surface area contributed by atoms with Gasteiger partial charge in [0.05, 0.1) is 21.2 Å². The molecule has 3 aromatic carbocycles. The SMILES string of the molecule is CN1CCN(Cc2ccc(-c3ccc4nccc(Nc5ccc6scnc6c5)c4c3)cc2F)CC1. The van der Waals surface area contributed by atoms with Crippen LogP contribution in [0.25, 0.3) is 32.2 Å². The zero-order valence-electron chi connectivity index (χ0n) is 19.5. The molecular weight excluding hydrogens is 457 g/mol. The van der Waals surface area contributed by atoms with Crippen LogP contribution in [0.15, 0.2) is 72.4 Å². The number of piperazine rings is 1. The smallest absolute Gasteiger partial charge is 0.128 e. The summed E-state index contributed by atoms with van der Waals surface area (Å²) in [6.07, 6.45) is 1.80. The number of nitrogens with zero attached hydrogens (tertiary/aromatic N) is 4. The molecule has 5 nitrogen and oxygen atoms in total. The molecule has 35 heavy (non-hydrogen) atoms. The average Bonchev–Trinajstić information content (AvgIpc) is 3.34. The van der Waals surface area contributed by atoms with Gasteiger partial charge in [-0.25, -0.2) is 9.37 Å². The molecule has 2 aromatic heterocycles. The molecule has 3 heterocycles. The third kappa shape index (κ3) is 4.62. The first-order chi connectivity index (χ1) is 17.1. The maximum atomic E-state index is 15.1. The van der Waals surface area contributed by atoms with Crippen LogP contribution < -0.4 is 5.32 Å². The molecular formula is C28H26FN5S. The molecule has 0 spiro atoms. The molecule has 0 aliphatic carbocycles. The molecule has 0 amide bonds. The van der Waals surface area contributed by atoms with E-state index in [-0.39, 0.29) is 5.82 Å². The minimum Gasteiger partial charge on any atom is -0.355 e. The molecule has 1 fully saturated rings. The molecule has 7 heteroatoms. The summed E-state index contributed by atoms with van der Waals surface area (Å²) in [5, 5.41) is 4.51. The summed E-state index contributed by atoms with van der Waals surface area (Å²) in [6.45, 7) is 4.65. The van der Waals surface area contributed by atoms with Crippen molar-refractivity contribution in [2.45, 2.75) is 6.54 Å². The molecule has 6 rings (SSSR count). The number of pyridine rings is 1. The first-order valence-electron chi connectivity index (χ1n) is 11.8. The van der Waals surface area contributed by atoms with Gasteiger partial charge in [-0.2, -0.15) is 0 Å². The van der Waals surface area contributed by atoms with Crippen LogP contribution in [0.2, 0.25) is 0 Å². The van der Waals surface area contributed by atoms with Crippen molar-refractivity contribution in [3.05, 3.63) is 83.8 Å². The van der Waals surface area contributed by atoms with E-state index in [1.54, 1.807) is 23.6 Å². The normalized spacial score (nSPS) is 15.1. The maximum Gasteiger partial charge on any atom is 0.128 e. The quantitative estimate of drug-likeness (QED) is 0.325. The third-order valence-electron chi connectivity index (χ3n) is 6.73. The van der Waals surface area contributed by atoms with Crippen LogP contribution in [0.5, 0.6) is 0 Å². The molecule has 1 aliphatic rings. The van der Waals surface area contributed by atoms with Crippen molar-refractivity contribution >= 4 is 43.8 Å². The van der Waals surface area contributed by atoms with E-state index in [9.17, 15) is 0 Å². The lowest BCUT2D eigenvalue weighted by molar-refractivity contribution is 0.147. The minimum absolute atomic E-state index is 0.150. The van der Waals surface area contributed by atoms with E-state index in [1.165, 1.54) is 0 Å². The maximum absolute atomic E-state index is 15.1. The highest BCUT2D eigenvalue weighted by atomic mass is 32.1. The molecule has 0 unspecified atom stereocenters. The van der Waals surface area contributed by atoms with Crippen molar-refractivity contribution in [1.29, 1.82) is 0 Å². The second-order valence-corrected chi connectivity index (χ2v) is 10.0. The van der Waals surface area contributed by atoms with Crippen LogP contribution in [-0.2, 0) is 6.54 Å². The lowest BCUT2D eigenvalue weighted by Crippen LogP contribution is -2.44. The van der Waals surface area contributed by atoms with E-state index in [0.717, 1.165) is 75.4 Å². The van der Waals surface area contributed by atoms with Crippen molar-refractivity contribution in [1.82, 2.24) is 19.8 Å². The third-order valence-corrected chi connectivity index (χ3v) is 7.54. The number of rotatable bonds is 5. The Morgan fingerprint density at radius 3 is 2.57 bits per heavy atom. The topological polar surface area (TPSA) is 44.3 Å². The average molecular weight is 484 g/mol. The van der Waals surface area contributed by atoms with Crippen molar-refractivity contribution in [3.8, 4) is 11.1 Å². The van der Waals surface area contributed by atoms with Gasteiger partial charge in [0.1, 0.15) is 5.82 Å². The minimum atomic E-state index is -0.150. The molecule has 5 aromatic rings. The fraction of sp³-hybridized carbons (Fsp3) is 0.214. The molecule has 1 aliphatic heterocycles. The van der Waals surface area contributed by atoms with Gasteiger partial charge in [-0.1, -0.05) is 18.2 Å². The van der Waals surface area contributed by atoms with Gasteiger partial charge in [-0.15, -0.1) is 11.3 Å². The van der Waals surface area contributed by atoms with Gasteiger partial charge in [-0.05, 0) is 60.6 Å². The summed E-state index contributed by atoms with van der Waals surface area (Å²) in [5.41, 5.74) is 8.24. The number of likely N-dealkylation sites (N-methyl/N-ethyl adjacent to an activating group) is 1. The van der Waals surface area contributed by atoms with Crippen molar-refractivity contribution in [3.63, 3.8) is 0 Å². The number of fused-ring (bicyclic) bond motifs is 2. The Hall–Kier alpha value is -3.39. The highest BCUT2D eigenvalue weighted by Gasteiger charge is 2.16. The number of aromatic nitrogens is 2. The van der Waals surface area contributed by atoms with E-state index >= 15 is 4.39 Å². The van der Waals surface area contributed by atoms with Gasteiger partial charge < -0.3 is 10.2 Å². The van der Waals surface area contributed by atoms with Crippen molar-refractivity contribution in [2.75, 3.05) is 38.5 Å². The monoisotopic (exact) mass is 483 g/mol. The van der Waals surface area contributed by atoms with E-state index in [2.05, 4.69) is 56.4 Å². The summed E-state index contributed by atoms with van der Waals surface area (Å²) >= 11 is 1.63. The fourth-order valence-corrected chi connectivity index (χ4v) is 5.29. The Labute approximate surface area is 207 Å². The molecule has 176 valence electrons. The molecule has 0 radical (unpaired) electrons. The lowest BCUT2D eigenvalue weighted by atomic mass is 10.0. The summed E-state index contributed by atoms with van der Waals surface area (Å²) in [4.78, 5) is 13.6. The zero-order chi connectivity index (χ0) is 23.8. The lowest BCUT2D eigenvalue weighted by Gasteiger charge is -2.32. The van der Waals surface area contributed by atoms with Crippen LogP contribution >= 0.6 is 11.3 Å². The standard InChI is InChI=1S/C28H26FN5S/c1-33-10-12-34(13-11-33)17-21-3-2-20(15-24(21)29)19-4-6-25-23(14-19)26(8-9-30-25)32-22-5-7-28-27(16-22)31-18-35-28/h2-9,14-16,18H,10-13,17H2,1H3,(H,30,32). The molecule has 1 N–H and O–H groups in total. The van der Waals surface area contributed by atoms with Gasteiger partial charge >= 0.3 is 0 Å². The molecule has 0 saturated carbocycles. The number of thiazole rings is 1. The fourth-order valence-electron chi connectivity index (χ4n) is 4.63. The Morgan fingerprint density at radius 2 is 1.71 bits per heavy atom. The second kappa shape index (κ2) is 9.34. The number of halogens is 1. The van der Waals surface area contributed by atoms with E-state index < -0.39 is 0 Å². The van der Waals surface area contributed by atoms with E-state index in [4.69, 9.17) is 0 Å². The van der Waals surface area contributed by atoms with Gasteiger partial charge in [0, 0.05) is 61.2 Å². The van der Waals surface area contributed by atoms with Gasteiger partial charge in [-0.3, -0.25) is 9.88 Å². The number of hydrogen-bond acceptors (Lipinski definition) is 6. The van der Waals surface area contributed by atoms with Crippen LogP contribution in [0, 0.1) is 5.82 Å². The molecule has 0 bridgehead atoms. The number of anilines is 2. The van der Waals surface area contributed by atoms with Crippen LogP contribution in [0.1, 0.15) is 5.56 Å².